The summed E-state index contributed by atoms with van der Waals surface area (Å²) in [4.78, 5) is 29.6. The molecule has 150 valence electrons. The van der Waals surface area contributed by atoms with Gasteiger partial charge in [-0.25, -0.2) is 9.78 Å². The van der Waals surface area contributed by atoms with E-state index in [9.17, 15) is 9.59 Å². The van der Waals surface area contributed by atoms with Crippen LogP contribution in [0.2, 0.25) is 0 Å². The summed E-state index contributed by atoms with van der Waals surface area (Å²) in [6.45, 7) is 7.73. The number of aryl methyl sites for hydroxylation is 2. The summed E-state index contributed by atoms with van der Waals surface area (Å²) in [5, 5.41) is 3.21. The summed E-state index contributed by atoms with van der Waals surface area (Å²) < 4.78 is 5.53. The van der Waals surface area contributed by atoms with Crippen LogP contribution in [0.15, 0.2) is 12.1 Å². The van der Waals surface area contributed by atoms with Gasteiger partial charge in [-0.05, 0) is 71.0 Å². The quantitative estimate of drug-likeness (QED) is 0.680. The number of carbonyl (C=O) groups excluding carboxylic acids is 2. The number of hydrogen-bond donors (Lipinski definition) is 2. The first-order chi connectivity index (χ1) is 12.8. The van der Waals surface area contributed by atoms with Crippen LogP contribution < -0.4 is 16.0 Å². The molecule has 27 heavy (non-hydrogen) atoms. The van der Waals surface area contributed by atoms with Crippen LogP contribution in [0.25, 0.3) is 0 Å². The fourth-order valence-electron chi connectivity index (χ4n) is 3.01. The Labute approximate surface area is 161 Å². The van der Waals surface area contributed by atoms with Crippen LogP contribution in [0, 0.1) is 0 Å². The highest BCUT2D eigenvalue weighted by Gasteiger charge is 2.28. The highest BCUT2D eigenvalue weighted by Crippen LogP contribution is 2.27. The van der Waals surface area contributed by atoms with Gasteiger partial charge in [-0.15, -0.1) is 0 Å². The molecule has 1 aromatic rings. The van der Waals surface area contributed by atoms with Crippen molar-refractivity contribution in [2.24, 2.45) is 5.73 Å². The number of pyridine rings is 1. The van der Waals surface area contributed by atoms with Gasteiger partial charge in [0, 0.05) is 25.2 Å². The maximum absolute atomic E-state index is 12.5. The lowest BCUT2D eigenvalue weighted by Gasteiger charge is -2.31. The molecule has 1 aliphatic heterocycles. The molecule has 0 atom stereocenters. The lowest BCUT2D eigenvalue weighted by molar-refractivity contribution is -0.117. The molecule has 1 aliphatic rings. The maximum atomic E-state index is 12.5. The summed E-state index contributed by atoms with van der Waals surface area (Å²) in [5.41, 5.74) is 6.68. The van der Waals surface area contributed by atoms with Crippen molar-refractivity contribution in [3.8, 4) is 0 Å². The van der Waals surface area contributed by atoms with Crippen LogP contribution in [0.3, 0.4) is 0 Å². The molecule has 0 aromatic carbocycles. The van der Waals surface area contributed by atoms with E-state index < -0.39 is 5.60 Å². The number of anilines is 1. The van der Waals surface area contributed by atoms with Crippen molar-refractivity contribution < 1.29 is 14.3 Å². The molecule has 0 aliphatic carbocycles. The number of primary amides is 1. The molecular weight excluding hydrogens is 344 g/mol. The average molecular weight is 377 g/mol. The summed E-state index contributed by atoms with van der Waals surface area (Å²) in [6.07, 6.45) is 4.73. The first-order valence-electron chi connectivity index (χ1n) is 9.74. The van der Waals surface area contributed by atoms with Gasteiger partial charge in [0.05, 0.1) is 0 Å². The summed E-state index contributed by atoms with van der Waals surface area (Å²) in [7, 11) is 0. The average Bonchev–Trinajstić information content (AvgIpc) is 2.58. The molecular formula is C20H32N4O3. The highest BCUT2D eigenvalue weighted by atomic mass is 16.6. The number of nitrogens with one attached hydrogen (secondary N) is 1. The molecule has 0 bridgehead atoms. The van der Waals surface area contributed by atoms with Gasteiger partial charge < -0.3 is 15.8 Å². The molecule has 0 spiro atoms. The molecule has 2 amide bonds. The number of amides is 2. The number of rotatable bonds is 8. The minimum atomic E-state index is -0.520. The zero-order valence-electron chi connectivity index (χ0n) is 16.7. The van der Waals surface area contributed by atoms with Crippen molar-refractivity contribution in [2.75, 3.05) is 24.5 Å². The van der Waals surface area contributed by atoms with Crippen molar-refractivity contribution >= 4 is 17.8 Å². The third-order valence-corrected chi connectivity index (χ3v) is 4.30. The van der Waals surface area contributed by atoms with Crippen LogP contribution in [0.5, 0.6) is 0 Å². The molecule has 3 N–H and O–H groups in total. The number of ether oxygens (including phenoxy) is 1. The summed E-state index contributed by atoms with van der Waals surface area (Å²) in [5.74, 6) is 0.461. The predicted octanol–water partition coefficient (Wildman–Crippen LogP) is 2.56. The molecule has 0 fully saturated rings. The normalized spacial score (nSPS) is 14.0. The Bertz CT molecular complexity index is 655. The molecule has 7 heteroatoms. The first kappa shape index (κ1) is 21.2. The first-order valence-corrected chi connectivity index (χ1v) is 9.74. The van der Waals surface area contributed by atoms with E-state index in [0.29, 0.717) is 19.5 Å². The van der Waals surface area contributed by atoms with Gasteiger partial charge in [0.1, 0.15) is 11.4 Å². The van der Waals surface area contributed by atoms with Crippen LogP contribution in [-0.4, -0.2) is 42.2 Å². The highest BCUT2D eigenvalue weighted by molar-refractivity contribution is 5.88. The molecule has 0 saturated carbocycles. The lowest BCUT2D eigenvalue weighted by atomic mass is 10.0. The molecule has 2 heterocycles. The smallest absolute Gasteiger partial charge is 0.416 e. The van der Waals surface area contributed by atoms with E-state index in [1.54, 1.807) is 4.90 Å². The Balaban J connectivity index is 1.89. The van der Waals surface area contributed by atoms with Gasteiger partial charge in [0.15, 0.2) is 0 Å². The molecule has 0 unspecified atom stereocenters. The number of hydrogen-bond acceptors (Lipinski definition) is 5. The SMILES string of the molecule is CC(C)(C)OC(=O)N1CCCc2ccc(CCCCNCCC(N)=O)nc21. The fraction of sp³-hybridized carbons (Fsp3) is 0.650. The number of fused-ring (bicyclic) bond motifs is 1. The number of nitrogens with zero attached hydrogens (tertiary/aromatic N) is 2. The van der Waals surface area contributed by atoms with Gasteiger partial charge in [-0.2, -0.15) is 0 Å². The fourth-order valence-corrected chi connectivity index (χ4v) is 3.01. The van der Waals surface area contributed by atoms with Crippen LogP contribution in [0.4, 0.5) is 10.6 Å². The van der Waals surface area contributed by atoms with Crippen molar-refractivity contribution in [3.05, 3.63) is 23.4 Å². The van der Waals surface area contributed by atoms with E-state index in [1.807, 2.05) is 20.8 Å². The van der Waals surface area contributed by atoms with Gasteiger partial charge in [0.25, 0.3) is 0 Å². The maximum Gasteiger partial charge on any atom is 0.416 e. The van der Waals surface area contributed by atoms with Crippen LogP contribution in [-0.2, 0) is 22.4 Å². The van der Waals surface area contributed by atoms with Crippen molar-refractivity contribution in [3.63, 3.8) is 0 Å². The minimum absolute atomic E-state index is 0.282. The second-order valence-corrected chi connectivity index (χ2v) is 7.94. The second-order valence-electron chi connectivity index (χ2n) is 7.94. The van der Waals surface area contributed by atoms with E-state index >= 15 is 0 Å². The minimum Gasteiger partial charge on any atom is -0.443 e. The number of nitrogens with two attached hydrogens (primary N) is 1. The van der Waals surface area contributed by atoms with Crippen LogP contribution in [0.1, 0.15) is 57.7 Å². The Hall–Kier alpha value is -2.15. The topological polar surface area (TPSA) is 97.5 Å². The zero-order valence-corrected chi connectivity index (χ0v) is 16.7. The number of carbonyl (C=O) groups is 2. The molecule has 0 radical (unpaired) electrons. The Morgan fingerprint density at radius 3 is 2.74 bits per heavy atom. The third-order valence-electron chi connectivity index (χ3n) is 4.30. The largest absolute Gasteiger partial charge is 0.443 e. The Morgan fingerprint density at radius 2 is 2.04 bits per heavy atom. The molecule has 1 aromatic heterocycles. The van der Waals surface area contributed by atoms with E-state index in [4.69, 9.17) is 15.5 Å². The summed E-state index contributed by atoms with van der Waals surface area (Å²) >= 11 is 0. The van der Waals surface area contributed by atoms with Gasteiger partial charge in [0.2, 0.25) is 5.91 Å². The Kier molecular flexibility index (Phi) is 7.59. The number of aromatic nitrogens is 1. The second kappa shape index (κ2) is 9.69. The van der Waals surface area contributed by atoms with Crippen molar-refractivity contribution in [1.82, 2.24) is 10.3 Å². The molecule has 7 nitrogen and oxygen atoms in total. The van der Waals surface area contributed by atoms with E-state index in [0.717, 1.165) is 55.7 Å². The van der Waals surface area contributed by atoms with Crippen molar-refractivity contribution in [2.45, 2.75) is 64.9 Å². The van der Waals surface area contributed by atoms with E-state index in [2.05, 4.69) is 17.4 Å². The van der Waals surface area contributed by atoms with Gasteiger partial charge in [-0.1, -0.05) is 6.07 Å². The monoisotopic (exact) mass is 376 g/mol. The summed E-state index contributed by atoms with van der Waals surface area (Å²) in [6, 6.07) is 4.14. The van der Waals surface area contributed by atoms with E-state index in [1.165, 1.54) is 0 Å². The molecule has 0 saturated heterocycles. The van der Waals surface area contributed by atoms with Gasteiger partial charge in [-0.3, -0.25) is 9.69 Å². The predicted molar refractivity (Wildman–Crippen MR) is 106 cm³/mol. The lowest BCUT2D eigenvalue weighted by Crippen LogP contribution is -2.40. The van der Waals surface area contributed by atoms with Crippen LogP contribution >= 0.6 is 0 Å². The Morgan fingerprint density at radius 1 is 1.26 bits per heavy atom. The third kappa shape index (κ3) is 7.17. The standard InChI is InChI=1S/C20H32N4O3/c1-20(2,3)27-19(26)24-14-6-7-15-9-10-16(23-18(15)24)8-4-5-12-22-13-11-17(21)25/h9-10,22H,4-8,11-14H2,1-3H3,(H2,21,25). The van der Waals surface area contributed by atoms with E-state index in [-0.39, 0.29) is 12.0 Å². The van der Waals surface area contributed by atoms with Gasteiger partial charge >= 0.3 is 6.09 Å². The molecule has 2 rings (SSSR count). The van der Waals surface area contributed by atoms with Crippen molar-refractivity contribution in [1.29, 1.82) is 0 Å². The zero-order chi connectivity index (χ0) is 19.9. The number of unbranched alkanes of at least 4 members (excludes halogenated alkanes) is 1.